The number of carbonyl (C=O) groups excluding carboxylic acids is 1. The predicted molar refractivity (Wildman–Crippen MR) is 96.1 cm³/mol. The highest BCUT2D eigenvalue weighted by atomic mass is 16.5. The van der Waals surface area contributed by atoms with Gasteiger partial charge in [-0.2, -0.15) is 0 Å². The van der Waals surface area contributed by atoms with Gasteiger partial charge in [-0.05, 0) is 23.6 Å². The van der Waals surface area contributed by atoms with Crippen LogP contribution in [0.25, 0.3) is 0 Å². The fourth-order valence-electron chi connectivity index (χ4n) is 2.33. The second kappa shape index (κ2) is 9.19. The van der Waals surface area contributed by atoms with Crippen molar-refractivity contribution < 1.29 is 19.4 Å². The first-order valence-corrected chi connectivity index (χ1v) is 8.59. The van der Waals surface area contributed by atoms with Crippen LogP contribution in [0.15, 0.2) is 24.3 Å². The highest BCUT2D eigenvalue weighted by molar-refractivity contribution is 5.84. The first-order valence-electron chi connectivity index (χ1n) is 8.59. The Hall–Kier alpha value is -1.39. The third-order valence-corrected chi connectivity index (χ3v) is 4.13. The molecule has 0 aliphatic heterocycles. The van der Waals surface area contributed by atoms with Crippen molar-refractivity contribution in [2.75, 3.05) is 7.11 Å². The fourth-order valence-corrected chi connectivity index (χ4v) is 2.33. The molecular weight excluding hydrogens is 304 g/mol. The number of methoxy groups -OCH3 is 1. The second-order valence-electron chi connectivity index (χ2n) is 7.71. The van der Waals surface area contributed by atoms with Gasteiger partial charge in [-0.1, -0.05) is 46.8 Å². The lowest BCUT2D eigenvalue weighted by molar-refractivity contribution is -0.129. The van der Waals surface area contributed by atoms with Crippen LogP contribution in [0.2, 0.25) is 0 Å². The van der Waals surface area contributed by atoms with E-state index < -0.39 is 11.5 Å². The Morgan fingerprint density at radius 2 is 1.75 bits per heavy atom. The van der Waals surface area contributed by atoms with E-state index in [1.165, 1.54) is 0 Å². The van der Waals surface area contributed by atoms with Crippen LogP contribution in [0, 0.1) is 11.3 Å². The van der Waals surface area contributed by atoms with Crippen LogP contribution in [0.4, 0.5) is 0 Å². The van der Waals surface area contributed by atoms with Crippen molar-refractivity contribution in [1.82, 2.24) is 0 Å². The second-order valence-corrected chi connectivity index (χ2v) is 7.71. The Balaban J connectivity index is 2.55. The maximum Gasteiger partial charge on any atom is 0.140 e. The zero-order valence-corrected chi connectivity index (χ0v) is 15.8. The van der Waals surface area contributed by atoms with Gasteiger partial charge in [-0.3, -0.25) is 4.79 Å². The molecule has 1 N–H and O–H groups in total. The molecule has 0 heterocycles. The summed E-state index contributed by atoms with van der Waals surface area (Å²) in [6, 6.07) is 7.74. The molecule has 0 aliphatic rings. The van der Waals surface area contributed by atoms with Crippen molar-refractivity contribution in [2.45, 2.75) is 66.3 Å². The van der Waals surface area contributed by atoms with Crippen LogP contribution in [0.1, 0.15) is 53.0 Å². The summed E-state index contributed by atoms with van der Waals surface area (Å²) < 4.78 is 11.1. The Morgan fingerprint density at radius 3 is 2.21 bits per heavy atom. The molecule has 0 radical (unpaired) electrons. The van der Waals surface area contributed by atoms with E-state index in [-0.39, 0.29) is 24.2 Å². The van der Waals surface area contributed by atoms with E-state index in [1.54, 1.807) is 7.11 Å². The Kier molecular flexibility index (Phi) is 7.91. The summed E-state index contributed by atoms with van der Waals surface area (Å²) in [6.07, 6.45) is -0.108. The van der Waals surface area contributed by atoms with Gasteiger partial charge in [0.2, 0.25) is 0 Å². The van der Waals surface area contributed by atoms with Crippen LogP contribution >= 0.6 is 0 Å². The summed E-state index contributed by atoms with van der Waals surface area (Å²) in [7, 11) is 1.64. The van der Waals surface area contributed by atoms with Gasteiger partial charge in [-0.25, -0.2) is 0 Å². The summed E-state index contributed by atoms with van der Waals surface area (Å²) in [6.45, 7) is 10.2. The van der Waals surface area contributed by atoms with E-state index in [0.717, 1.165) is 11.3 Å². The van der Waals surface area contributed by atoms with Crippen molar-refractivity contribution in [1.29, 1.82) is 0 Å². The minimum Gasteiger partial charge on any atom is -0.497 e. The van der Waals surface area contributed by atoms with Crippen molar-refractivity contribution in [2.24, 2.45) is 11.3 Å². The highest BCUT2D eigenvalue weighted by Crippen LogP contribution is 2.22. The molecule has 0 saturated carbocycles. The molecule has 4 heteroatoms. The van der Waals surface area contributed by atoms with E-state index in [2.05, 4.69) is 13.8 Å². The van der Waals surface area contributed by atoms with Gasteiger partial charge in [0, 0.05) is 18.3 Å². The molecule has 136 valence electrons. The molecule has 1 aromatic carbocycles. The van der Waals surface area contributed by atoms with Crippen LogP contribution in [-0.2, 0) is 16.1 Å². The van der Waals surface area contributed by atoms with Crippen LogP contribution in [-0.4, -0.2) is 30.2 Å². The number of aliphatic hydroxyl groups is 1. The maximum atomic E-state index is 12.1. The third-order valence-electron chi connectivity index (χ3n) is 4.13. The van der Waals surface area contributed by atoms with E-state index in [1.807, 2.05) is 45.0 Å². The van der Waals surface area contributed by atoms with Gasteiger partial charge in [0.1, 0.15) is 11.5 Å². The average molecular weight is 336 g/mol. The number of rotatable bonds is 9. The minimum atomic E-state index is -0.667. The number of aliphatic hydroxyl groups excluding tert-OH is 1. The predicted octanol–water partition coefficient (Wildman–Crippen LogP) is 3.99. The Morgan fingerprint density at radius 1 is 1.17 bits per heavy atom. The number of Topliss-reactive ketones (excluding diaryl/α,β-unsaturated/α-hetero) is 1. The van der Waals surface area contributed by atoms with E-state index in [4.69, 9.17) is 9.47 Å². The Labute approximate surface area is 146 Å². The first kappa shape index (κ1) is 20.7. The molecule has 0 aromatic heterocycles. The highest BCUT2D eigenvalue weighted by Gasteiger charge is 2.26. The number of ether oxygens (including phenoxy) is 2. The minimum absolute atomic E-state index is 0.0765. The van der Waals surface area contributed by atoms with Crippen LogP contribution in [0.5, 0.6) is 5.75 Å². The number of ketones is 1. The van der Waals surface area contributed by atoms with E-state index in [0.29, 0.717) is 13.0 Å². The molecular formula is C20H32O4. The lowest BCUT2D eigenvalue weighted by Gasteiger charge is -2.25. The molecule has 0 bridgehead atoms. The lowest BCUT2D eigenvalue weighted by Crippen LogP contribution is -2.30. The molecule has 0 saturated heterocycles. The number of hydrogen-bond acceptors (Lipinski definition) is 4. The van der Waals surface area contributed by atoms with Gasteiger partial charge in [-0.15, -0.1) is 0 Å². The van der Waals surface area contributed by atoms with E-state index in [9.17, 15) is 9.90 Å². The van der Waals surface area contributed by atoms with Crippen molar-refractivity contribution in [3.8, 4) is 5.75 Å². The zero-order valence-electron chi connectivity index (χ0n) is 15.8. The van der Waals surface area contributed by atoms with Crippen LogP contribution in [0.3, 0.4) is 0 Å². The third kappa shape index (κ3) is 7.02. The normalized spacial score (nSPS) is 14.5. The molecule has 0 amide bonds. The Bertz CT molecular complexity index is 499. The summed E-state index contributed by atoms with van der Waals surface area (Å²) in [5.74, 6) is 1.16. The fraction of sp³-hybridized carbons (Fsp3) is 0.650. The van der Waals surface area contributed by atoms with Crippen LogP contribution < -0.4 is 4.74 Å². The number of carbonyl (C=O) groups is 1. The SMILES string of the molecule is COc1ccc(CO[C@@H](C[C@H](O)CC(=O)C(C)(C)C)C(C)C)cc1. The number of hydrogen-bond donors (Lipinski definition) is 1. The van der Waals surface area contributed by atoms with Crippen molar-refractivity contribution in [3.63, 3.8) is 0 Å². The van der Waals surface area contributed by atoms with E-state index >= 15 is 0 Å². The van der Waals surface area contributed by atoms with Gasteiger partial charge in [0.15, 0.2) is 0 Å². The van der Waals surface area contributed by atoms with Crippen molar-refractivity contribution in [3.05, 3.63) is 29.8 Å². The molecule has 1 aromatic rings. The monoisotopic (exact) mass is 336 g/mol. The molecule has 24 heavy (non-hydrogen) atoms. The quantitative estimate of drug-likeness (QED) is 0.741. The molecule has 0 fully saturated rings. The summed E-state index contributed by atoms with van der Waals surface area (Å²) in [4.78, 5) is 12.1. The summed E-state index contributed by atoms with van der Waals surface area (Å²) in [5.41, 5.74) is 0.639. The average Bonchev–Trinajstić information content (AvgIpc) is 2.50. The zero-order chi connectivity index (χ0) is 18.3. The first-order chi connectivity index (χ1) is 11.1. The van der Waals surface area contributed by atoms with Gasteiger partial charge >= 0.3 is 0 Å². The molecule has 0 aliphatic carbocycles. The topological polar surface area (TPSA) is 55.8 Å². The lowest BCUT2D eigenvalue weighted by atomic mass is 9.86. The van der Waals surface area contributed by atoms with Crippen molar-refractivity contribution >= 4 is 5.78 Å². The van der Waals surface area contributed by atoms with Gasteiger partial charge < -0.3 is 14.6 Å². The maximum absolute atomic E-state index is 12.1. The summed E-state index contributed by atoms with van der Waals surface area (Å²) >= 11 is 0. The number of benzene rings is 1. The van der Waals surface area contributed by atoms with Gasteiger partial charge in [0.05, 0.1) is 25.9 Å². The molecule has 0 spiro atoms. The molecule has 0 unspecified atom stereocenters. The molecule has 1 rings (SSSR count). The summed E-state index contributed by atoms with van der Waals surface area (Å²) in [5, 5.41) is 10.3. The smallest absolute Gasteiger partial charge is 0.140 e. The standard InChI is InChI=1S/C20H32O4/c1-14(2)18(11-16(21)12-19(22)20(3,4)5)24-13-15-7-9-17(23-6)10-8-15/h7-10,14,16,18,21H,11-13H2,1-6H3/t16-,18-/m0/s1. The largest absolute Gasteiger partial charge is 0.497 e. The van der Waals surface area contributed by atoms with Gasteiger partial charge in [0.25, 0.3) is 0 Å². The molecule has 4 nitrogen and oxygen atoms in total. The molecule has 2 atom stereocenters.